The third kappa shape index (κ3) is 2.72. The molecular formula is C17H16N8O. The Bertz CT molecular complexity index is 1010. The van der Waals surface area contributed by atoms with Crippen LogP contribution in [-0.2, 0) is 4.79 Å². The molecule has 0 saturated carbocycles. The molecule has 1 fully saturated rings. The van der Waals surface area contributed by atoms with Gasteiger partial charge in [-0.2, -0.15) is 10.4 Å². The van der Waals surface area contributed by atoms with Crippen LogP contribution < -0.4 is 10.9 Å². The third-order valence-electron chi connectivity index (χ3n) is 4.49. The minimum absolute atomic E-state index is 0.244. The molecule has 3 aromatic rings. The Morgan fingerprint density at radius 2 is 2.12 bits per heavy atom. The maximum Gasteiger partial charge on any atom is 0.247 e. The lowest BCUT2D eigenvalue weighted by Crippen LogP contribution is -2.42. The second kappa shape index (κ2) is 6.42. The van der Waals surface area contributed by atoms with Crippen LogP contribution >= 0.6 is 0 Å². The number of aromatic nitrogens is 4. The second-order valence-corrected chi connectivity index (χ2v) is 6.07. The number of hydrogen-bond donors (Lipinski definition) is 1. The molecule has 9 nitrogen and oxygen atoms in total. The number of rotatable bonds is 3. The molecule has 0 radical (unpaired) electrons. The quantitative estimate of drug-likeness (QED) is 0.322. The van der Waals surface area contributed by atoms with E-state index in [1.54, 1.807) is 34.1 Å². The molecular weight excluding hydrogens is 332 g/mol. The van der Waals surface area contributed by atoms with Crippen LogP contribution in [0.5, 0.6) is 0 Å². The number of hydrogen-bond acceptors (Lipinski definition) is 7. The van der Waals surface area contributed by atoms with E-state index in [1.807, 2.05) is 18.2 Å². The van der Waals surface area contributed by atoms with Crippen LogP contribution in [-0.4, -0.2) is 43.5 Å². The van der Waals surface area contributed by atoms with Gasteiger partial charge in [0.25, 0.3) is 0 Å². The first-order valence-electron chi connectivity index (χ1n) is 8.16. The molecule has 0 aromatic carbocycles. The standard InChI is InChI=1S/C17H16N8O/c18-11-23-8-4-13(10-23)17(26)24(19)16-9-12(1-5-21-16)14-2-6-20-15-3-7-22-25(14)15/h1-3,5-7,9,13H,4,8,10,19H2/t13-/m0/s1. The topological polar surface area (TPSA) is 116 Å². The SMILES string of the molecule is N#CN1CC[C@H](C(=O)N(N)c2cc(-c3ccnc4ccnn34)ccn2)C1. The zero-order chi connectivity index (χ0) is 18.1. The number of pyridine rings is 1. The highest BCUT2D eigenvalue weighted by Crippen LogP contribution is 2.24. The van der Waals surface area contributed by atoms with Crippen LogP contribution in [0.15, 0.2) is 42.9 Å². The molecule has 130 valence electrons. The van der Waals surface area contributed by atoms with Gasteiger partial charge in [0.2, 0.25) is 5.91 Å². The van der Waals surface area contributed by atoms with Crippen molar-refractivity contribution in [2.45, 2.75) is 6.42 Å². The average Bonchev–Trinajstić information content (AvgIpc) is 3.35. The molecule has 3 aromatic heterocycles. The van der Waals surface area contributed by atoms with Gasteiger partial charge in [0.1, 0.15) is 5.82 Å². The average molecular weight is 348 g/mol. The maximum atomic E-state index is 12.6. The number of nitrogens with two attached hydrogens (primary N) is 1. The van der Waals surface area contributed by atoms with Crippen molar-refractivity contribution in [3.05, 3.63) is 42.9 Å². The van der Waals surface area contributed by atoms with Crippen molar-refractivity contribution in [1.29, 1.82) is 5.26 Å². The molecule has 0 bridgehead atoms. The van der Waals surface area contributed by atoms with E-state index in [9.17, 15) is 4.79 Å². The molecule has 1 saturated heterocycles. The monoisotopic (exact) mass is 348 g/mol. The van der Waals surface area contributed by atoms with E-state index in [2.05, 4.69) is 21.3 Å². The number of hydrazine groups is 1. The molecule has 1 aliphatic rings. The lowest BCUT2D eigenvalue weighted by Gasteiger charge is -2.19. The highest BCUT2D eigenvalue weighted by atomic mass is 16.2. The van der Waals surface area contributed by atoms with Gasteiger partial charge < -0.3 is 4.90 Å². The summed E-state index contributed by atoms with van der Waals surface area (Å²) >= 11 is 0. The third-order valence-corrected chi connectivity index (χ3v) is 4.49. The number of nitriles is 1. The Balaban J connectivity index is 1.63. The van der Waals surface area contributed by atoms with Crippen LogP contribution in [0.1, 0.15) is 6.42 Å². The van der Waals surface area contributed by atoms with Crippen molar-refractivity contribution in [2.75, 3.05) is 18.1 Å². The van der Waals surface area contributed by atoms with Gasteiger partial charge in [-0.3, -0.25) is 4.79 Å². The minimum Gasteiger partial charge on any atom is -0.310 e. The number of carbonyl (C=O) groups excluding carboxylic acids is 1. The zero-order valence-electron chi connectivity index (χ0n) is 13.9. The van der Waals surface area contributed by atoms with Gasteiger partial charge in [-0.25, -0.2) is 25.3 Å². The highest BCUT2D eigenvalue weighted by Gasteiger charge is 2.31. The molecule has 4 rings (SSSR count). The fraction of sp³-hybridized carbons (Fsp3) is 0.235. The number of amides is 1. The van der Waals surface area contributed by atoms with Crippen molar-refractivity contribution < 1.29 is 4.79 Å². The predicted molar refractivity (Wildman–Crippen MR) is 93.2 cm³/mol. The molecule has 1 amide bonds. The van der Waals surface area contributed by atoms with Crippen LogP contribution in [0.3, 0.4) is 0 Å². The van der Waals surface area contributed by atoms with Crippen molar-refractivity contribution in [3.63, 3.8) is 0 Å². The first-order chi connectivity index (χ1) is 12.7. The number of nitrogens with zero attached hydrogens (tertiary/aromatic N) is 7. The van der Waals surface area contributed by atoms with E-state index in [1.165, 1.54) is 0 Å². The Morgan fingerprint density at radius 3 is 2.92 bits per heavy atom. The molecule has 26 heavy (non-hydrogen) atoms. The van der Waals surface area contributed by atoms with E-state index in [-0.39, 0.29) is 11.8 Å². The smallest absolute Gasteiger partial charge is 0.247 e. The Hall–Kier alpha value is -3.51. The fourth-order valence-electron chi connectivity index (χ4n) is 3.12. The van der Waals surface area contributed by atoms with Gasteiger partial charge in [-0.15, -0.1) is 0 Å². The highest BCUT2D eigenvalue weighted by molar-refractivity contribution is 5.93. The van der Waals surface area contributed by atoms with Gasteiger partial charge in [0, 0.05) is 37.1 Å². The van der Waals surface area contributed by atoms with E-state index >= 15 is 0 Å². The lowest BCUT2D eigenvalue weighted by atomic mass is 10.1. The molecule has 1 aliphatic heterocycles. The molecule has 9 heteroatoms. The zero-order valence-corrected chi connectivity index (χ0v) is 13.9. The number of carbonyl (C=O) groups is 1. The summed E-state index contributed by atoms with van der Waals surface area (Å²) in [5, 5.41) is 14.3. The summed E-state index contributed by atoms with van der Waals surface area (Å²) in [5.41, 5.74) is 2.37. The summed E-state index contributed by atoms with van der Waals surface area (Å²) < 4.78 is 1.71. The second-order valence-electron chi connectivity index (χ2n) is 6.07. The van der Waals surface area contributed by atoms with Crippen molar-refractivity contribution >= 4 is 17.4 Å². The van der Waals surface area contributed by atoms with E-state index in [4.69, 9.17) is 11.1 Å². The van der Waals surface area contributed by atoms with Gasteiger partial charge in [0.15, 0.2) is 11.8 Å². The lowest BCUT2D eigenvalue weighted by molar-refractivity contribution is -0.122. The van der Waals surface area contributed by atoms with Crippen LogP contribution in [0.25, 0.3) is 16.9 Å². The number of likely N-dealkylation sites (tertiary alicyclic amines) is 1. The Labute approximate surface area is 149 Å². The molecule has 1 atom stereocenters. The van der Waals surface area contributed by atoms with Gasteiger partial charge in [-0.1, -0.05) is 0 Å². The van der Waals surface area contributed by atoms with Crippen molar-refractivity contribution in [1.82, 2.24) is 24.5 Å². The summed E-state index contributed by atoms with van der Waals surface area (Å²) in [6, 6.07) is 7.21. The number of anilines is 1. The minimum atomic E-state index is -0.302. The largest absolute Gasteiger partial charge is 0.310 e. The van der Waals surface area contributed by atoms with Crippen LogP contribution in [0, 0.1) is 17.4 Å². The maximum absolute atomic E-state index is 12.6. The van der Waals surface area contributed by atoms with Crippen LogP contribution in [0.4, 0.5) is 5.82 Å². The van der Waals surface area contributed by atoms with Crippen molar-refractivity contribution in [2.24, 2.45) is 11.8 Å². The van der Waals surface area contributed by atoms with Crippen LogP contribution in [0.2, 0.25) is 0 Å². The molecule has 0 aliphatic carbocycles. The summed E-state index contributed by atoms with van der Waals surface area (Å²) in [6.07, 6.45) is 7.65. The van der Waals surface area contributed by atoms with E-state index < -0.39 is 0 Å². The van der Waals surface area contributed by atoms with E-state index in [0.29, 0.717) is 25.3 Å². The summed E-state index contributed by atoms with van der Waals surface area (Å²) in [4.78, 5) is 22.7. The predicted octanol–water partition coefficient (Wildman–Crippen LogP) is 0.801. The summed E-state index contributed by atoms with van der Waals surface area (Å²) in [6.45, 7) is 0.962. The Kier molecular flexibility index (Phi) is 3.95. The normalized spacial score (nSPS) is 16.6. The fourth-order valence-corrected chi connectivity index (χ4v) is 3.12. The van der Waals surface area contributed by atoms with Gasteiger partial charge in [0.05, 0.1) is 17.8 Å². The molecule has 0 spiro atoms. The molecule has 2 N–H and O–H groups in total. The number of fused-ring (bicyclic) bond motifs is 1. The first-order valence-corrected chi connectivity index (χ1v) is 8.16. The summed E-state index contributed by atoms with van der Waals surface area (Å²) in [5.74, 6) is 5.83. The van der Waals surface area contributed by atoms with E-state index in [0.717, 1.165) is 21.9 Å². The van der Waals surface area contributed by atoms with Gasteiger partial charge >= 0.3 is 0 Å². The molecule has 0 unspecified atom stereocenters. The first kappa shape index (κ1) is 16.0. The Morgan fingerprint density at radius 1 is 1.27 bits per heavy atom. The summed E-state index contributed by atoms with van der Waals surface area (Å²) in [7, 11) is 0. The molecule has 4 heterocycles. The van der Waals surface area contributed by atoms with Crippen molar-refractivity contribution in [3.8, 4) is 17.5 Å². The van der Waals surface area contributed by atoms with Gasteiger partial charge in [-0.05, 0) is 24.6 Å².